The fraction of sp³-hybridized carbons (Fsp3) is 0.917. The van der Waals surface area contributed by atoms with Gasteiger partial charge in [-0.1, -0.05) is 117 Å². The molecule has 0 bridgehead atoms. The Morgan fingerprint density at radius 1 is 0.448 bits per heavy atom. The van der Waals surface area contributed by atoms with Crippen molar-refractivity contribution in [3.8, 4) is 0 Å². The van der Waals surface area contributed by atoms with Gasteiger partial charge in [-0.15, -0.1) is 0 Å². The largest absolute Gasteiger partial charge is 0.481 e. The van der Waals surface area contributed by atoms with Crippen LogP contribution in [0, 0.1) is 0 Å². The van der Waals surface area contributed by atoms with Gasteiger partial charge in [0.25, 0.3) is 0 Å². The second-order valence-corrected chi connectivity index (χ2v) is 7.94. The zero-order valence-corrected chi connectivity index (χ0v) is 22.5. The summed E-state index contributed by atoms with van der Waals surface area (Å²) in [6.45, 7) is 4.46. The van der Waals surface area contributed by atoms with Crippen LogP contribution in [0.15, 0.2) is 0 Å². The molecule has 0 fully saturated rings. The average molecular weight is 466 g/mol. The molecule has 0 aromatic rings. The molecule has 2 N–H and O–H groups in total. The number of carboxylic acid groups (broad SMARTS) is 2. The minimum absolute atomic E-state index is 0. The Bertz CT molecular complexity index is 303. The summed E-state index contributed by atoms with van der Waals surface area (Å²) in [7, 11) is 0. The quantitative estimate of drug-likeness (QED) is 0.141. The van der Waals surface area contributed by atoms with Crippen LogP contribution in [0.4, 0.5) is 0 Å². The van der Waals surface area contributed by atoms with E-state index in [1.165, 1.54) is 89.9 Å². The molecule has 0 heterocycles. The number of hydrogen-bond donors (Lipinski definition) is 2. The SMILES string of the molecule is CCCCCCCCCCCC(=O)O.CCCCCCCCCCCC(=O)O.[Zn]. The van der Waals surface area contributed by atoms with Crippen LogP contribution < -0.4 is 0 Å². The molecule has 0 aromatic carbocycles. The average Bonchev–Trinajstić information content (AvgIpc) is 2.65. The first kappa shape index (κ1) is 33.2. The second kappa shape index (κ2) is 29.8. The molecule has 29 heavy (non-hydrogen) atoms. The van der Waals surface area contributed by atoms with Crippen molar-refractivity contribution in [1.29, 1.82) is 0 Å². The van der Waals surface area contributed by atoms with E-state index in [2.05, 4.69) is 13.8 Å². The van der Waals surface area contributed by atoms with Crippen molar-refractivity contribution in [2.24, 2.45) is 0 Å². The summed E-state index contributed by atoms with van der Waals surface area (Å²) in [5.74, 6) is -1.32. The summed E-state index contributed by atoms with van der Waals surface area (Å²) in [6, 6.07) is 0. The molecular formula is C24H48O4Zn. The number of unbranched alkanes of at least 4 members (excludes halogenated alkanes) is 16. The Balaban J connectivity index is -0.000000451. The van der Waals surface area contributed by atoms with E-state index in [1.54, 1.807) is 0 Å². The van der Waals surface area contributed by atoms with Crippen molar-refractivity contribution in [2.45, 2.75) is 142 Å². The first-order valence-electron chi connectivity index (χ1n) is 12.0. The van der Waals surface area contributed by atoms with Crippen LogP contribution in [0.3, 0.4) is 0 Å². The molecule has 0 radical (unpaired) electrons. The van der Waals surface area contributed by atoms with Gasteiger partial charge in [-0.25, -0.2) is 0 Å². The van der Waals surface area contributed by atoms with Crippen LogP contribution in [0.5, 0.6) is 0 Å². The first-order chi connectivity index (χ1) is 13.5. The summed E-state index contributed by atoms with van der Waals surface area (Å²) in [5, 5.41) is 16.8. The minimum Gasteiger partial charge on any atom is -0.481 e. The molecular weight excluding hydrogens is 418 g/mol. The Hall–Kier alpha value is -0.437. The standard InChI is InChI=1S/2C12H24O2.Zn/c2*1-2-3-4-5-6-7-8-9-10-11-12(13)14;/h2*2-11H2,1H3,(H,13,14);. The molecule has 0 unspecified atom stereocenters. The summed E-state index contributed by atoms with van der Waals surface area (Å²) < 4.78 is 0. The molecule has 0 rings (SSSR count). The molecule has 0 spiro atoms. The molecule has 0 aliphatic rings. The van der Waals surface area contributed by atoms with Gasteiger partial charge >= 0.3 is 11.9 Å². The van der Waals surface area contributed by atoms with Crippen molar-refractivity contribution >= 4 is 11.9 Å². The summed E-state index contributed by atoms with van der Waals surface area (Å²) >= 11 is 0. The predicted molar refractivity (Wildman–Crippen MR) is 119 cm³/mol. The van der Waals surface area contributed by atoms with Gasteiger partial charge < -0.3 is 10.2 Å². The molecule has 4 nitrogen and oxygen atoms in total. The summed E-state index contributed by atoms with van der Waals surface area (Å²) in [6.07, 6.45) is 23.0. The number of carbonyl (C=O) groups is 2. The third kappa shape index (κ3) is 38.7. The van der Waals surface area contributed by atoms with Gasteiger partial charge in [0.05, 0.1) is 0 Å². The van der Waals surface area contributed by atoms with Crippen LogP contribution in [0.25, 0.3) is 0 Å². The van der Waals surface area contributed by atoms with Crippen molar-refractivity contribution in [1.82, 2.24) is 0 Å². The zero-order valence-electron chi connectivity index (χ0n) is 19.6. The Kier molecular flexibility index (Phi) is 34.1. The number of hydrogen-bond acceptors (Lipinski definition) is 2. The Labute approximate surface area is 193 Å². The van der Waals surface area contributed by atoms with Crippen molar-refractivity contribution in [2.75, 3.05) is 0 Å². The molecule has 0 aromatic heterocycles. The van der Waals surface area contributed by atoms with E-state index in [0.29, 0.717) is 12.8 Å². The van der Waals surface area contributed by atoms with Crippen LogP contribution >= 0.6 is 0 Å². The van der Waals surface area contributed by atoms with Crippen molar-refractivity contribution in [3.05, 3.63) is 0 Å². The van der Waals surface area contributed by atoms with E-state index >= 15 is 0 Å². The smallest absolute Gasteiger partial charge is 0.303 e. The van der Waals surface area contributed by atoms with Gasteiger partial charge in [-0.2, -0.15) is 0 Å². The zero-order chi connectivity index (χ0) is 21.3. The van der Waals surface area contributed by atoms with Gasteiger partial charge in [-0.05, 0) is 12.8 Å². The summed E-state index contributed by atoms with van der Waals surface area (Å²) in [5.41, 5.74) is 0. The molecule has 0 saturated heterocycles. The fourth-order valence-electron chi connectivity index (χ4n) is 3.17. The topological polar surface area (TPSA) is 74.6 Å². The second-order valence-electron chi connectivity index (χ2n) is 7.94. The first-order valence-corrected chi connectivity index (χ1v) is 12.0. The van der Waals surface area contributed by atoms with Crippen molar-refractivity contribution in [3.63, 3.8) is 0 Å². The van der Waals surface area contributed by atoms with E-state index < -0.39 is 11.9 Å². The molecule has 0 aliphatic heterocycles. The summed E-state index contributed by atoms with van der Waals surface area (Å²) in [4.78, 5) is 20.4. The van der Waals surface area contributed by atoms with Gasteiger partial charge in [0.15, 0.2) is 0 Å². The number of carboxylic acids is 2. The van der Waals surface area contributed by atoms with E-state index in [4.69, 9.17) is 10.2 Å². The van der Waals surface area contributed by atoms with E-state index in [9.17, 15) is 9.59 Å². The third-order valence-electron chi connectivity index (χ3n) is 4.99. The molecule has 5 heteroatoms. The van der Waals surface area contributed by atoms with E-state index in [1.807, 2.05) is 0 Å². The Morgan fingerprint density at radius 3 is 0.862 bits per heavy atom. The van der Waals surface area contributed by atoms with Gasteiger partial charge in [0.2, 0.25) is 0 Å². The number of rotatable bonds is 20. The molecule has 0 saturated carbocycles. The van der Waals surface area contributed by atoms with Crippen LogP contribution in [-0.2, 0) is 29.1 Å². The van der Waals surface area contributed by atoms with E-state index in [0.717, 1.165) is 25.7 Å². The molecule has 0 atom stereocenters. The van der Waals surface area contributed by atoms with Crippen LogP contribution in [-0.4, -0.2) is 22.2 Å². The van der Waals surface area contributed by atoms with Gasteiger partial charge in [0, 0.05) is 32.3 Å². The van der Waals surface area contributed by atoms with Gasteiger partial charge in [0.1, 0.15) is 0 Å². The Morgan fingerprint density at radius 2 is 0.655 bits per heavy atom. The molecule has 0 aliphatic carbocycles. The van der Waals surface area contributed by atoms with Crippen LogP contribution in [0.1, 0.15) is 142 Å². The van der Waals surface area contributed by atoms with Gasteiger partial charge in [-0.3, -0.25) is 9.59 Å². The molecule has 170 valence electrons. The minimum atomic E-state index is -0.659. The fourth-order valence-corrected chi connectivity index (χ4v) is 3.17. The van der Waals surface area contributed by atoms with E-state index in [-0.39, 0.29) is 19.5 Å². The monoisotopic (exact) mass is 464 g/mol. The predicted octanol–water partition coefficient (Wildman–Crippen LogP) is 7.98. The normalized spacial score (nSPS) is 10.0. The maximum absolute atomic E-state index is 10.2. The van der Waals surface area contributed by atoms with Crippen LogP contribution in [0.2, 0.25) is 0 Å². The molecule has 0 amide bonds. The third-order valence-corrected chi connectivity index (χ3v) is 4.99. The maximum atomic E-state index is 10.2. The van der Waals surface area contributed by atoms with Crippen molar-refractivity contribution < 1.29 is 39.3 Å². The number of aliphatic carboxylic acids is 2. The maximum Gasteiger partial charge on any atom is 0.303 e.